The smallest absolute Gasteiger partial charge is 0.308 e. The van der Waals surface area contributed by atoms with Crippen molar-refractivity contribution in [2.75, 3.05) is 6.61 Å². The minimum atomic E-state index is -0.0563. The highest BCUT2D eigenvalue weighted by Crippen LogP contribution is 2.24. The summed E-state index contributed by atoms with van der Waals surface area (Å²) in [6.07, 6.45) is 1.96. The molecule has 96 valence electrons. The first-order chi connectivity index (χ1) is 7.01. The molecule has 1 atom stereocenters. The van der Waals surface area contributed by atoms with Crippen LogP contribution in [0, 0.1) is 16.7 Å². The number of carbonyl (C=O) groups is 1. The minimum Gasteiger partial charge on any atom is -0.465 e. The Bertz CT molecular complexity index is 218. The zero-order valence-electron chi connectivity index (χ0n) is 12.0. The summed E-state index contributed by atoms with van der Waals surface area (Å²) < 4.78 is 5.29. The molecule has 0 amide bonds. The molecule has 2 heteroatoms. The van der Waals surface area contributed by atoms with Crippen LogP contribution in [0.25, 0.3) is 0 Å². The summed E-state index contributed by atoms with van der Waals surface area (Å²) in [6.45, 7) is 15.3. The van der Waals surface area contributed by atoms with Crippen LogP contribution < -0.4 is 0 Å². The molecule has 0 heterocycles. The maximum Gasteiger partial charge on any atom is 0.308 e. The SMILES string of the molecule is CC(CCC(C)(C)C)C(=O)OCC(C)(C)C. The van der Waals surface area contributed by atoms with Gasteiger partial charge in [-0.15, -0.1) is 0 Å². The van der Waals surface area contributed by atoms with Crippen LogP contribution in [0.5, 0.6) is 0 Å². The number of hydrogen-bond donors (Lipinski definition) is 0. The summed E-state index contributed by atoms with van der Waals surface area (Å²) in [6, 6.07) is 0. The second kappa shape index (κ2) is 5.70. The molecule has 0 aromatic rings. The van der Waals surface area contributed by atoms with Gasteiger partial charge in [-0.25, -0.2) is 0 Å². The molecule has 0 rings (SSSR count). The van der Waals surface area contributed by atoms with Gasteiger partial charge in [0.1, 0.15) is 0 Å². The molecule has 0 fully saturated rings. The van der Waals surface area contributed by atoms with E-state index >= 15 is 0 Å². The van der Waals surface area contributed by atoms with Crippen molar-refractivity contribution in [3.63, 3.8) is 0 Å². The van der Waals surface area contributed by atoms with E-state index in [0.717, 1.165) is 12.8 Å². The highest BCUT2D eigenvalue weighted by molar-refractivity contribution is 5.71. The Hall–Kier alpha value is -0.530. The summed E-state index contributed by atoms with van der Waals surface area (Å²) in [7, 11) is 0. The van der Waals surface area contributed by atoms with E-state index in [9.17, 15) is 4.79 Å². The fourth-order valence-corrected chi connectivity index (χ4v) is 1.20. The molecule has 2 nitrogen and oxygen atoms in total. The largest absolute Gasteiger partial charge is 0.465 e. The standard InChI is InChI=1S/C14H28O2/c1-11(8-9-13(2,3)4)12(15)16-10-14(5,6)7/h11H,8-10H2,1-7H3. The number of esters is 1. The van der Waals surface area contributed by atoms with Gasteiger partial charge in [0, 0.05) is 0 Å². The molecule has 0 radical (unpaired) electrons. The number of ether oxygens (including phenoxy) is 1. The third-order valence-electron chi connectivity index (χ3n) is 2.38. The van der Waals surface area contributed by atoms with Crippen LogP contribution in [0.1, 0.15) is 61.3 Å². The first-order valence-electron chi connectivity index (χ1n) is 6.18. The second-order valence-electron chi connectivity index (χ2n) is 7.17. The van der Waals surface area contributed by atoms with E-state index in [1.165, 1.54) is 0 Å². The van der Waals surface area contributed by atoms with E-state index in [1.54, 1.807) is 0 Å². The van der Waals surface area contributed by atoms with Gasteiger partial charge in [0.15, 0.2) is 0 Å². The summed E-state index contributed by atoms with van der Waals surface area (Å²) in [5, 5.41) is 0. The van der Waals surface area contributed by atoms with Crippen molar-refractivity contribution >= 4 is 5.97 Å². The van der Waals surface area contributed by atoms with E-state index < -0.39 is 0 Å². The van der Waals surface area contributed by atoms with Crippen LogP contribution in [-0.4, -0.2) is 12.6 Å². The van der Waals surface area contributed by atoms with Gasteiger partial charge < -0.3 is 4.74 Å². The molecular weight excluding hydrogens is 200 g/mol. The molecule has 0 N–H and O–H groups in total. The Balaban J connectivity index is 3.92. The molecule has 0 saturated heterocycles. The van der Waals surface area contributed by atoms with Gasteiger partial charge in [-0.3, -0.25) is 4.79 Å². The first kappa shape index (κ1) is 15.5. The Kier molecular flexibility index (Phi) is 5.51. The quantitative estimate of drug-likeness (QED) is 0.679. The van der Waals surface area contributed by atoms with Gasteiger partial charge in [0.25, 0.3) is 0 Å². The average molecular weight is 228 g/mol. The van der Waals surface area contributed by atoms with Crippen LogP contribution in [0.4, 0.5) is 0 Å². The maximum atomic E-state index is 11.7. The van der Waals surface area contributed by atoms with Gasteiger partial charge in [-0.2, -0.15) is 0 Å². The van der Waals surface area contributed by atoms with Crippen molar-refractivity contribution < 1.29 is 9.53 Å². The molecule has 0 spiro atoms. The first-order valence-corrected chi connectivity index (χ1v) is 6.18. The zero-order valence-corrected chi connectivity index (χ0v) is 12.0. The van der Waals surface area contributed by atoms with Crippen molar-refractivity contribution in [2.45, 2.75) is 61.3 Å². The van der Waals surface area contributed by atoms with Gasteiger partial charge in [0.2, 0.25) is 0 Å². The molecule has 1 unspecified atom stereocenters. The predicted molar refractivity (Wildman–Crippen MR) is 68.3 cm³/mol. The highest BCUT2D eigenvalue weighted by atomic mass is 16.5. The van der Waals surface area contributed by atoms with Gasteiger partial charge in [0.05, 0.1) is 12.5 Å². The molecule has 16 heavy (non-hydrogen) atoms. The van der Waals surface area contributed by atoms with Crippen LogP contribution in [-0.2, 0) is 9.53 Å². The van der Waals surface area contributed by atoms with Crippen LogP contribution in [0.15, 0.2) is 0 Å². The van der Waals surface area contributed by atoms with Crippen LogP contribution in [0.2, 0.25) is 0 Å². The summed E-state index contributed by atoms with van der Waals surface area (Å²) in [5.41, 5.74) is 0.345. The number of rotatable bonds is 4. The van der Waals surface area contributed by atoms with E-state index in [1.807, 2.05) is 6.92 Å². The Labute approximate surface area is 101 Å². The maximum absolute atomic E-state index is 11.7. The molecule has 0 aliphatic carbocycles. The van der Waals surface area contributed by atoms with Gasteiger partial charge >= 0.3 is 5.97 Å². The Morgan fingerprint density at radius 2 is 1.56 bits per heavy atom. The lowest BCUT2D eigenvalue weighted by molar-refractivity contribution is -0.151. The molecule has 0 aliphatic rings. The van der Waals surface area contributed by atoms with Gasteiger partial charge in [-0.05, 0) is 23.7 Å². The molecule has 0 saturated carbocycles. The number of hydrogen-bond acceptors (Lipinski definition) is 2. The number of carbonyl (C=O) groups excluding carboxylic acids is 1. The van der Waals surface area contributed by atoms with Crippen molar-refractivity contribution in [3.05, 3.63) is 0 Å². The minimum absolute atomic E-state index is 0.0153. The lowest BCUT2D eigenvalue weighted by Crippen LogP contribution is -2.23. The van der Waals surface area contributed by atoms with E-state index in [0.29, 0.717) is 12.0 Å². The van der Waals surface area contributed by atoms with Crippen molar-refractivity contribution in [2.24, 2.45) is 16.7 Å². The second-order valence-corrected chi connectivity index (χ2v) is 7.17. The highest BCUT2D eigenvalue weighted by Gasteiger charge is 2.20. The predicted octanol–water partition coefficient (Wildman–Crippen LogP) is 4.04. The topological polar surface area (TPSA) is 26.3 Å². The Morgan fingerprint density at radius 3 is 1.94 bits per heavy atom. The van der Waals surface area contributed by atoms with E-state index in [2.05, 4.69) is 41.5 Å². The normalized spacial score (nSPS) is 14.7. The van der Waals surface area contributed by atoms with Crippen LogP contribution >= 0.6 is 0 Å². The monoisotopic (exact) mass is 228 g/mol. The van der Waals surface area contributed by atoms with E-state index in [4.69, 9.17) is 4.74 Å². The molecular formula is C14H28O2. The van der Waals surface area contributed by atoms with E-state index in [-0.39, 0.29) is 17.3 Å². The fraction of sp³-hybridized carbons (Fsp3) is 0.929. The van der Waals surface area contributed by atoms with Crippen molar-refractivity contribution in [1.82, 2.24) is 0 Å². The third-order valence-corrected chi connectivity index (χ3v) is 2.38. The summed E-state index contributed by atoms with van der Waals surface area (Å²) in [4.78, 5) is 11.7. The lowest BCUT2D eigenvalue weighted by atomic mass is 9.87. The average Bonchev–Trinajstić information content (AvgIpc) is 2.07. The Morgan fingerprint density at radius 1 is 1.06 bits per heavy atom. The molecule has 0 aromatic carbocycles. The molecule has 0 aromatic heterocycles. The van der Waals surface area contributed by atoms with Crippen molar-refractivity contribution in [3.8, 4) is 0 Å². The lowest BCUT2D eigenvalue weighted by Gasteiger charge is -2.22. The summed E-state index contributed by atoms with van der Waals surface area (Å²) in [5.74, 6) is -0.0410. The van der Waals surface area contributed by atoms with Gasteiger partial charge in [-0.1, -0.05) is 48.5 Å². The molecule has 0 aliphatic heterocycles. The zero-order chi connectivity index (χ0) is 13.0. The van der Waals surface area contributed by atoms with Crippen molar-refractivity contribution in [1.29, 1.82) is 0 Å². The fourth-order valence-electron chi connectivity index (χ4n) is 1.20. The third kappa shape index (κ3) is 8.75. The molecule has 0 bridgehead atoms. The van der Waals surface area contributed by atoms with Crippen LogP contribution in [0.3, 0.4) is 0 Å². The summed E-state index contributed by atoms with van der Waals surface area (Å²) >= 11 is 0.